The van der Waals surface area contributed by atoms with Crippen molar-refractivity contribution in [2.45, 2.75) is 130 Å². The third-order valence-electron chi connectivity index (χ3n) is 13.4. The smallest absolute Gasteiger partial charge is 0.222 e. The molecular weight excluding hydrogens is 957 g/mol. The maximum Gasteiger partial charge on any atom is 0.222 e. The summed E-state index contributed by atoms with van der Waals surface area (Å²) in [6, 6.07) is 23.1. The van der Waals surface area contributed by atoms with E-state index in [9.17, 15) is 19.8 Å². The van der Waals surface area contributed by atoms with Gasteiger partial charge in [-0.15, -0.1) is 30.0 Å². The Labute approximate surface area is 433 Å². The highest BCUT2D eigenvalue weighted by atomic mass is 79.9. The molecule has 386 valence electrons. The number of aromatic nitrogens is 6. The van der Waals surface area contributed by atoms with Crippen LogP contribution in [-0.4, -0.2) is 133 Å². The predicted octanol–water partition coefficient (Wildman–Crippen LogP) is 6.43. The number of fused-ring (bicyclic) bond motifs is 2. The number of piperazine rings is 1. The highest BCUT2D eigenvalue weighted by Crippen LogP contribution is 2.38. The van der Waals surface area contributed by atoms with Gasteiger partial charge in [-0.05, 0) is 91.1 Å². The Balaban J connectivity index is 0.000000266. The van der Waals surface area contributed by atoms with Crippen LogP contribution in [0.15, 0.2) is 72.8 Å². The average Bonchev–Trinajstić information content (AvgIpc) is 3.95. The number of carbonyl (C=O) groups excluding carboxylic acids is 2. The van der Waals surface area contributed by atoms with E-state index in [1.807, 2.05) is 77.7 Å². The van der Waals surface area contributed by atoms with Gasteiger partial charge in [0, 0.05) is 63.1 Å². The third kappa shape index (κ3) is 16.1. The molecule has 1 fully saturated rings. The van der Waals surface area contributed by atoms with Gasteiger partial charge >= 0.3 is 0 Å². The zero-order valence-electron chi connectivity index (χ0n) is 44.3. The predicted molar refractivity (Wildman–Crippen MR) is 282 cm³/mol. The summed E-state index contributed by atoms with van der Waals surface area (Å²) in [7, 11) is 6.67. The standard InChI is InChI=1S/C32H49N5O2.C24H31N5O2.BrH/c1-7-8-9-10-11-14-21-37(5,6)22-15-20-33-30(38)19-18-25-23-26(32(2,3)4)31(39)29(24-25)36-34-27-16-12-13-17-28(27)35-36;1-24(2,3)18-15-17(9-10-22(30)28-13-11-27(4)12-14-28)16-21(23(18)31)29-25-19-7-5-6-8-20(19)26-29;/h12-13,16-17,23-24H,7-11,14-15,18-22H2,1-6H3,(H-,33,38,39);5-8,15-16,31H,9-14H2,1-4H3;1H. The topological polar surface area (TPSA) is 155 Å². The summed E-state index contributed by atoms with van der Waals surface area (Å²) in [5.74, 6) is 0.605. The number of quaternary nitrogens is 1. The minimum Gasteiger partial charge on any atom is -1.00 e. The molecule has 1 aliphatic rings. The van der Waals surface area contributed by atoms with Gasteiger partial charge in [0.05, 0.1) is 27.2 Å². The Morgan fingerprint density at radius 3 is 1.49 bits per heavy atom. The van der Waals surface area contributed by atoms with Crippen molar-refractivity contribution >= 4 is 33.9 Å². The molecule has 71 heavy (non-hydrogen) atoms. The molecule has 14 nitrogen and oxygen atoms in total. The first-order chi connectivity index (χ1) is 33.2. The number of hydrogen-bond donors (Lipinski definition) is 3. The third-order valence-corrected chi connectivity index (χ3v) is 13.4. The van der Waals surface area contributed by atoms with Crippen LogP contribution >= 0.6 is 0 Å². The fraction of sp³-hybridized carbons (Fsp3) is 0.536. The summed E-state index contributed by atoms with van der Waals surface area (Å²) < 4.78 is 1.01. The van der Waals surface area contributed by atoms with Gasteiger partial charge in [-0.25, -0.2) is 0 Å². The molecule has 2 aromatic heterocycles. The number of aromatic hydroxyl groups is 2. The number of phenols is 2. The molecule has 0 spiro atoms. The lowest BCUT2D eigenvalue weighted by Gasteiger charge is -2.32. The van der Waals surface area contributed by atoms with Crippen molar-refractivity contribution in [1.82, 2.24) is 45.1 Å². The van der Waals surface area contributed by atoms with Crippen LogP contribution in [0.5, 0.6) is 11.5 Å². The van der Waals surface area contributed by atoms with E-state index < -0.39 is 0 Å². The number of amides is 2. The van der Waals surface area contributed by atoms with Crippen molar-refractivity contribution in [3.8, 4) is 22.9 Å². The summed E-state index contributed by atoms with van der Waals surface area (Å²) >= 11 is 0. The first-order valence-electron chi connectivity index (χ1n) is 25.6. The fourth-order valence-electron chi connectivity index (χ4n) is 9.01. The number of phenolic OH excluding ortho intramolecular Hbond substituents is 2. The molecule has 0 saturated carbocycles. The monoisotopic (exact) mass is 1040 g/mol. The number of aryl methyl sites for hydroxylation is 2. The Hall–Kier alpha value is -5.38. The van der Waals surface area contributed by atoms with Gasteiger partial charge < -0.3 is 46.8 Å². The summed E-state index contributed by atoms with van der Waals surface area (Å²) in [4.78, 5) is 32.6. The van der Waals surface area contributed by atoms with Crippen LogP contribution in [-0.2, 0) is 33.3 Å². The number of rotatable bonds is 19. The Kier molecular flexibility index (Phi) is 20.2. The normalized spacial score (nSPS) is 13.5. The lowest BCUT2D eigenvalue weighted by molar-refractivity contribution is -0.890. The molecule has 6 aromatic rings. The molecule has 0 radical (unpaired) electrons. The van der Waals surface area contributed by atoms with E-state index in [0.717, 1.165) is 87.9 Å². The minimum atomic E-state index is -0.274. The number of nitrogens with one attached hydrogen (secondary N) is 1. The second-order valence-corrected chi connectivity index (χ2v) is 22.0. The van der Waals surface area contributed by atoms with E-state index in [-0.39, 0.29) is 51.1 Å². The molecule has 0 aliphatic carbocycles. The highest BCUT2D eigenvalue weighted by Gasteiger charge is 2.26. The molecule has 7 rings (SSSR count). The van der Waals surface area contributed by atoms with Crippen molar-refractivity contribution in [3.63, 3.8) is 0 Å². The molecule has 4 aromatic carbocycles. The lowest BCUT2D eigenvalue weighted by atomic mass is 9.84. The first kappa shape index (κ1) is 56.5. The van der Waals surface area contributed by atoms with E-state index in [1.165, 1.54) is 54.7 Å². The van der Waals surface area contributed by atoms with Crippen LogP contribution in [0.25, 0.3) is 33.4 Å². The van der Waals surface area contributed by atoms with Gasteiger partial charge in [0.25, 0.3) is 0 Å². The minimum absolute atomic E-state index is 0. The maximum atomic E-state index is 12.7. The van der Waals surface area contributed by atoms with Crippen molar-refractivity contribution < 1.29 is 41.3 Å². The van der Waals surface area contributed by atoms with E-state index in [4.69, 9.17) is 0 Å². The number of benzene rings is 4. The van der Waals surface area contributed by atoms with Crippen LogP contribution in [0.3, 0.4) is 0 Å². The Morgan fingerprint density at radius 2 is 1.04 bits per heavy atom. The maximum absolute atomic E-state index is 12.7. The van der Waals surface area contributed by atoms with E-state index in [2.05, 4.69) is 100 Å². The molecule has 0 bridgehead atoms. The molecule has 3 N–H and O–H groups in total. The summed E-state index contributed by atoms with van der Waals surface area (Å²) in [5.41, 5.74) is 7.28. The lowest BCUT2D eigenvalue weighted by Crippen LogP contribution is -3.00. The fourth-order valence-corrected chi connectivity index (χ4v) is 9.01. The molecule has 1 aliphatic heterocycles. The molecule has 15 heteroatoms. The van der Waals surface area contributed by atoms with E-state index >= 15 is 0 Å². The average molecular weight is 1040 g/mol. The molecular formula is C56H81BrN10O4. The number of nitrogens with zero attached hydrogens (tertiary/aromatic N) is 9. The number of carbonyl (C=O) groups is 2. The van der Waals surface area contributed by atoms with Crippen LogP contribution in [0.1, 0.15) is 129 Å². The Morgan fingerprint density at radius 1 is 0.620 bits per heavy atom. The van der Waals surface area contributed by atoms with Gasteiger partial charge in [-0.3, -0.25) is 9.59 Å². The van der Waals surface area contributed by atoms with E-state index in [0.29, 0.717) is 43.6 Å². The van der Waals surface area contributed by atoms with Gasteiger partial charge in [-0.2, -0.15) is 0 Å². The zero-order chi connectivity index (χ0) is 50.6. The van der Waals surface area contributed by atoms with Crippen LogP contribution in [0.2, 0.25) is 0 Å². The van der Waals surface area contributed by atoms with Crippen LogP contribution < -0.4 is 22.3 Å². The van der Waals surface area contributed by atoms with Crippen molar-refractivity contribution in [2.75, 3.05) is 67.0 Å². The van der Waals surface area contributed by atoms with Gasteiger partial charge in [-0.1, -0.05) is 111 Å². The Bertz CT molecular complexity index is 2610. The number of unbranched alkanes of at least 4 members (excludes halogenated alkanes) is 5. The van der Waals surface area contributed by atoms with Gasteiger partial charge in [0.2, 0.25) is 11.8 Å². The molecule has 3 heterocycles. The zero-order valence-corrected chi connectivity index (χ0v) is 45.9. The molecule has 0 atom stereocenters. The number of hydrogen-bond acceptors (Lipinski definition) is 9. The number of likely N-dealkylation sites (N-methyl/N-ethyl adjacent to an activating group) is 1. The quantitative estimate of drug-likeness (QED) is 0.0615. The van der Waals surface area contributed by atoms with Gasteiger partial charge in [0.15, 0.2) is 0 Å². The second-order valence-electron chi connectivity index (χ2n) is 22.0. The van der Waals surface area contributed by atoms with Crippen molar-refractivity contribution in [1.29, 1.82) is 0 Å². The second kappa shape index (κ2) is 25.3. The largest absolute Gasteiger partial charge is 1.00 e. The van der Waals surface area contributed by atoms with E-state index in [1.54, 1.807) is 0 Å². The molecule has 0 unspecified atom stereocenters. The molecule has 1 saturated heterocycles. The highest BCUT2D eigenvalue weighted by molar-refractivity contribution is 5.77. The summed E-state index contributed by atoms with van der Waals surface area (Å²) in [6.07, 6.45) is 11.0. The van der Waals surface area contributed by atoms with Crippen molar-refractivity contribution in [2.24, 2.45) is 0 Å². The van der Waals surface area contributed by atoms with Crippen LogP contribution in [0, 0.1) is 0 Å². The summed E-state index contributed by atoms with van der Waals surface area (Å²) in [5, 5.41) is 43.5. The van der Waals surface area contributed by atoms with Crippen molar-refractivity contribution in [3.05, 3.63) is 95.1 Å². The SMILES string of the molecule is CCCCCCCC[N+](C)(C)CCCNC(=O)CCc1cc(-n2nc3ccccc3n2)c(O)c(C(C)(C)C)c1.CN1CCN(C(=O)CCc2cc(-n3nc4ccccc4n3)c(O)c(C(C)(C)C)c2)CC1.[Br-]. The molecule has 2 amide bonds. The van der Waals surface area contributed by atoms with Gasteiger partial charge in [0.1, 0.15) is 44.9 Å². The first-order valence-corrected chi connectivity index (χ1v) is 25.6. The number of halogens is 1. The summed E-state index contributed by atoms with van der Waals surface area (Å²) in [6.45, 7) is 21.0. The van der Waals surface area contributed by atoms with Crippen LogP contribution in [0.4, 0.5) is 0 Å².